The summed E-state index contributed by atoms with van der Waals surface area (Å²) >= 11 is 0. The fourth-order valence-corrected chi connectivity index (χ4v) is 4.35. The molecule has 4 nitrogen and oxygen atoms in total. The molecule has 1 amide bonds. The van der Waals surface area contributed by atoms with Crippen molar-refractivity contribution in [3.05, 3.63) is 66.0 Å². The molecule has 0 radical (unpaired) electrons. The maximum absolute atomic E-state index is 13.1. The lowest BCUT2D eigenvalue weighted by Crippen LogP contribution is -2.53. The molecular weight excluding hydrogens is 353 g/mol. The molecule has 0 bridgehead atoms. The van der Waals surface area contributed by atoms with Gasteiger partial charge in [0.05, 0.1) is 0 Å². The van der Waals surface area contributed by atoms with Crippen LogP contribution < -0.4 is 10.2 Å². The highest BCUT2D eigenvalue weighted by atomic mass is 19.1. The van der Waals surface area contributed by atoms with E-state index in [4.69, 9.17) is 0 Å². The topological polar surface area (TPSA) is 35.6 Å². The summed E-state index contributed by atoms with van der Waals surface area (Å²) in [6.45, 7) is 3.58. The molecule has 0 aromatic heterocycles. The summed E-state index contributed by atoms with van der Waals surface area (Å²) in [6, 6.07) is 17.2. The van der Waals surface area contributed by atoms with Gasteiger partial charge in [-0.3, -0.25) is 4.79 Å². The van der Waals surface area contributed by atoms with Crippen LogP contribution in [0.2, 0.25) is 0 Å². The van der Waals surface area contributed by atoms with Crippen molar-refractivity contribution in [2.75, 3.05) is 31.1 Å². The quantitative estimate of drug-likeness (QED) is 0.877. The average Bonchev–Trinajstić information content (AvgIpc) is 2.75. The van der Waals surface area contributed by atoms with Crippen molar-refractivity contribution >= 4 is 11.6 Å². The van der Waals surface area contributed by atoms with Gasteiger partial charge in [0, 0.05) is 49.5 Å². The monoisotopic (exact) mass is 381 g/mol. The highest BCUT2D eigenvalue weighted by Gasteiger charge is 2.27. The summed E-state index contributed by atoms with van der Waals surface area (Å²) in [5, 5.41) is 3.79. The van der Waals surface area contributed by atoms with Gasteiger partial charge in [-0.2, -0.15) is 0 Å². The standard InChI is InChI=1S/C23H28FN3O/c24-19-8-10-22(11-9-19)26-15-12-20(13-16-26)25-21-7-4-14-27(17-21)23(28)18-5-2-1-3-6-18/h1-3,5-6,8-11,20-21,25H,4,7,12-17H2/t21-/m0/s1. The Labute approximate surface area is 166 Å². The van der Waals surface area contributed by atoms with E-state index in [-0.39, 0.29) is 11.7 Å². The van der Waals surface area contributed by atoms with Gasteiger partial charge in [-0.05, 0) is 62.1 Å². The number of anilines is 1. The summed E-state index contributed by atoms with van der Waals surface area (Å²) in [7, 11) is 0. The molecule has 2 aromatic rings. The normalized spacial score (nSPS) is 21.0. The summed E-state index contributed by atoms with van der Waals surface area (Å²) in [4.78, 5) is 17.0. The first-order chi connectivity index (χ1) is 13.7. The van der Waals surface area contributed by atoms with Crippen LogP contribution in [0.1, 0.15) is 36.0 Å². The van der Waals surface area contributed by atoms with Crippen molar-refractivity contribution in [1.29, 1.82) is 0 Å². The van der Waals surface area contributed by atoms with E-state index in [0.29, 0.717) is 12.1 Å². The minimum atomic E-state index is -0.188. The molecule has 5 heteroatoms. The molecule has 2 aliphatic heterocycles. The first kappa shape index (κ1) is 18.9. The molecule has 2 aliphatic rings. The Hall–Kier alpha value is -2.40. The van der Waals surface area contributed by atoms with Crippen LogP contribution in [-0.2, 0) is 0 Å². The van der Waals surface area contributed by atoms with Crippen LogP contribution >= 0.6 is 0 Å². The Morgan fingerprint density at radius 3 is 2.32 bits per heavy atom. The van der Waals surface area contributed by atoms with Gasteiger partial charge in [-0.25, -0.2) is 4.39 Å². The molecule has 0 unspecified atom stereocenters. The highest BCUT2D eigenvalue weighted by molar-refractivity contribution is 5.94. The van der Waals surface area contributed by atoms with E-state index >= 15 is 0 Å². The van der Waals surface area contributed by atoms with E-state index in [1.165, 1.54) is 12.1 Å². The molecule has 2 saturated heterocycles. The van der Waals surface area contributed by atoms with Gasteiger partial charge in [0.25, 0.3) is 5.91 Å². The number of benzene rings is 2. The number of hydrogen-bond acceptors (Lipinski definition) is 3. The highest BCUT2D eigenvalue weighted by Crippen LogP contribution is 2.22. The van der Waals surface area contributed by atoms with Gasteiger partial charge in [-0.15, -0.1) is 0 Å². The molecule has 0 spiro atoms. The number of halogens is 1. The van der Waals surface area contributed by atoms with Crippen molar-refractivity contribution in [2.45, 2.75) is 37.8 Å². The number of hydrogen-bond donors (Lipinski definition) is 1. The number of piperidine rings is 2. The molecule has 2 heterocycles. The smallest absolute Gasteiger partial charge is 0.253 e. The summed E-state index contributed by atoms with van der Waals surface area (Å²) in [6.07, 6.45) is 4.31. The van der Waals surface area contributed by atoms with E-state index in [2.05, 4.69) is 10.2 Å². The van der Waals surface area contributed by atoms with Gasteiger partial charge in [-0.1, -0.05) is 18.2 Å². The van der Waals surface area contributed by atoms with Gasteiger partial charge in [0.2, 0.25) is 0 Å². The van der Waals surface area contributed by atoms with Crippen molar-refractivity contribution < 1.29 is 9.18 Å². The molecule has 1 N–H and O–H groups in total. The lowest BCUT2D eigenvalue weighted by molar-refractivity contribution is 0.0687. The second-order valence-corrected chi connectivity index (χ2v) is 7.86. The zero-order chi connectivity index (χ0) is 19.3. The Morgan fingerprint density at radius 1 is 0.893 bits per heavy atom. The number of nitrogens with zero attached hydrogens (tertiary/aromatic N) is 2. The van der Waals surface area contributed by atoms with Gasteiger partial charge >= 0.3 is 0 Å². The number of carbonyl (C=O) groups excluding carboxylic acids is 1. The maximum atomic E-state index is 13.1. The zero-order valence-corrected chi connectivity index (χ0v) is 16.2. The molecule has 0 aliphatic carbocycles. The van der Waals surface area contributed by atoms with E-state index in [1.807, 2.05) is 47.4 Å². The molecule has 2 fully saturated rings. The van der Waals surface area contributed by atoms with Crippen LogP contribution in [0, 0.1) is 5.82 Å². The van der Waals surface area contributed by atoms with Crippen molar-refractivity contribution in [3.8, 4) is 0 Å². The first-order valence-electron chi connectivity index (χ1n) is 10.3. The van der Waals surface area contributed by atoms with E-state index in [0.717, 1.165) is 63.1 Å². The average molecular weight is 381 g/mol. The van der Waals surface area contributed by atoms with Gasteiger partial charge in [0.15, 0.2) is 0 Å². The van der Waals surface area contributed by atoms with E-state index < -0.39 is 0 Å². The molecular formula is C23H28FN3O. The van der Waals surface area contributed by atoms with Crippen LogP contribution in [-0.4, -0.2) is 49.1 Å². The van der Waals surface area contributed by atoms with Crippen LogP contribution in [0.4, 0.5) is 10.1 Å². The second kappa shape index (κ2) is 8.74. The predicted molar refractivity (Wildman–Crippen MR) is 110 cm³/mol. The van der Waals surface area contributed by atoms with Crippen LogP contribution in [0.5, 0.6) is 0 Å². The third-order valence-electron chi connectivity index (χ3n) is 5.89. The van der Waals surface area contributed by atoms with Gasteiger partial charge < -0.3 is 15.1 Å². The maximum Gasteiger partial charge on any atom is 0.253 e. The SMILES string of the molecule is O=C(c1ccccc1)N1CCC[C@H](NC2CCN(c3ccc(F)cc3)CC2)C1. The Bertz CT molecular complexity index is 772. The van der Waals surface area contributed by atoms with Crippen LogP contribution in [0.15, 0.2) is 54.6 Å². The van der Waals surface area contributed by atoms with Crippen molar-refractivity contribution in [2.24, 2.45) is 0 Å². The van der Waals surface area contributed by atoms with E-state index in [1.54, 1.807) is 0 Å². The molecule has 2 aromatic carbocycles. The predicted octanol–water partition coefficient (Wildman–Crippen LogP) is 3.69. The summed E-state index contributed by atoms with van der Waals surface area (Å²) < 4.78 is 13.1. The van der Waals surface area contributed by atoms with E-state index in [9.17, 15) is 9.18 Å². The Kier molecular flexibility index (Phi) is 5.91. The molecule has 1 atom stereocenters. The third kappa shape index (κ3) is 4.53. The third-order valence-corrected chi connectivity index (χ3v) is 5.89. The molecule has 28 heavy (non-hydrogen) atoms. The molecule has 4 rings (SSSR count). The summed E-state index contributed by atoms with van der Waals surface area (Å²) in [5.74, 6) is -0.0505. The van der Waals surface area contributed by atoms with Gasteiger partial charge in [0.1, 0.15) is 5.82 Å². The van der Waals surface area contributed by atoms with Crippen LogP contribution in [0.25, 0.3) is 0 Å². The molecule has 0 saturated carbocycles. The second-order valence-electron chi connectivity index (χ2n) is 7.86. The molecule has 148 valence electrons. The lowest BCUT2D eigenvalue weighted by atomic mass is 9.99. The van der Waals surface area contributed by atoms with Crippen molar-refractivity contribution in [3.63, 3.8) is 0 Å². The minimum absolute atomic E-state index is 0.137. The Morgan fingerprint density at radius 2 is 1.61 bits per heavy atom. The number of likely N-dealkylation sites (tertiary alicyclic amines) is 1. The largest absolute Gasteiger partial charge is 0.371 e. The number of carbonyl (C=O) groups is 1. The summed E-state index contributed by atoms with van der Waals surface area (Å²) in [5.41, 5.74) is 1.87. The first-order valence-corrected chi connectivity index (χ1v) is 10.3. The van der Waals surface area contributed by atoms with Crippen molar-refractivity contribution in [1.82, 2.24) is 10.2 Å². The Balaban J connectivity index is 1.28. The minimum Gasteiger partial charge on any atom is -0.371 e. The lowest BCUT2D eigenvalue weighted by Gasteiger charge is -2.39. The number of rotatable bonds is 4. The zero-order valence-electron chi connectivity index (χ0n) is 16.2. The fraction of sp³-hybridized carbons (Fsp3) is 0.435. The van der Waals surface area contributed by atoms with Crippen LogP contribution in [0.3, 0.4) is 0 Å². The number of nitrogens with one attached hydrogen (secondary N) is 1. The fourth-order valence-electron chi connectivity index (χ4n) is 4.35. The number of amides is 1.